The molecule has 0 aromatic heterocycles. The fourth-order valence-corrected chi connectivity index (χ4v) is 3.53. The first kappa shape index (κ1) is 15.6. The Bertz CT molecular complexity index is 294. The lowest BCUT2D eigenvalue weighted by Crippen LogP contribution is -2.52. The van der Waals surface area contributed by atoms with Gasteiger partial charge in [-0.05, 0) is 38.5 Å². The second-order valence-electron chi connectivity index (χ2n) is 6.70. The Labute approximate surface area is 123 Å². The van der Waals surface area contributed by atoms with Crippen molar-refractivity contribution in [1.82, 2.24) is 10.2 Å². The number of carbonyl (C=O) groups excluding carboxylic acids is 1. The summed E-state index contributed by atoms with van der Waals surface area (Å²) in [4.78, 5) is 14.3. The average molecular weight is 281 g/mol. The molecule has 1 aliphatic heterocycles. The molecule has 1 aliphatic carbocycles. The van der Waals surface area contributed by atoms with Crippen LogP contribution < -0.4 is 11.1 Å². The van der Waals surface area contributed by atoms with Crippen LogP contribution in [0.5, 0.6) is 0 Å². The fraction of sp³-hybridized carbons (Fsp3) is 0.938. The van der Waals surface area contributed by atoms with Gasteiger partial charge in [-0.3, -0.25) is 0 Å². The monoisotopic (exact) mass is 281 g/mol. The van der Waals surface area contributed by atoms with Gasteiger partial charge >= 0.3 is 6.03 Å². The minimum absolute atomic E-state index is 0.0330. The maximum Gasteiger partial charge on any atom is 0.317 e. The van der Waals surface area contributed by atoms with E-state index in [1.807, 2.05) is 11.8 Å². The Morgan fingerprint density at radius 1 is 1.15 bits per heavy atom. The largest absolute Gasteiger partial charge is 0.334 e. The van der Waals surface area contributed by atoms with E-state index in [4.69, 9.17) is 5.73 Å². The van der Waals surface area contributed by atoms with Crippen molar-refractivity contribution in [3.05, 3.63) is 0 Å². The molecule has 3 N–H and O–H groups in total. The molecule has 2 aliphatic rings. The van der Waals surface area contributed by atoms with Crippen molar-refractivity contribution >= 4 is 6.03 Å². The van der Waals surface area contributed by atoms with Gasteiger partial charge in [0.2, 0.25) is 0 Å². The van der Waals surface area contributed by atoms with Crippen molar-refractivity contribution in [2.45, 2.75) is 76.8 Å². The molecule has 1 saturated heterocycles. The third-order valence-corrected chi connectivity index (χ3v) is 4.90. The van der Waals surface area contributed by atoms with E-state index in [0.29, 0.717) is 0 Å². The predicted molar refractivity (Wildman–Crippen MR) is 82.6 cm³/mol. The first-order valence-electron chi connectivity index (χ1n) is 8.48. The van der Waals surface area contributed by atoms with Crippen LogP contribution in [0.25, 0.3) is 0 Å². The number of likely N-dealkylation sites (tertiary alicyclic amines) is 1. The molecule has 0 bridgehead atoms. The molecule has 0 aromatic rings. The van der Waals surface area contributed by atoms with Crippen LogP contribution in [0, 0.1) is 5.92 Å². The van der Waals surface area contributed by atoms with Gasteiger partial charge in [-0.2, -0.15) is 0 Å². The first-order chi connectivity index (χ1) is 9.66. The summed E-state index contributed by atoms with van der Waals surface area (Å²) < 4.78 is 0. The zero-order valence-corrected chi connectivity index (χ0v) is 12.9. The standard InChI is InChI=1S/C16H31N3O/c1-13(17)15(12-14-8-4-2-5-9-14)18-16(20)19-10-6-3-7-11-19/h13-15H,2-12,17H2,1H3,(H,18,20)/t13-,15+/m1/s1. The van der Waals surface area contributed by atoms with Gasteiger partial charge < -0.3 is 16.0 Å². The Morgan fingerprint density at radius 2 is 1.75 bits per heavy atom. The highest BCUT2D eigenvalue weighted by atomic mass is 16.2. The van der Waals surface area contributed by atoms with Crippen LogP contribution in [0.2, 0.25) is 0 Å². The zero-order chi connectivity index (χ0) is 14.4. The summed E-state index contributed by atoms with van der Waals surface area (Å²) in [6.07, 6.45) is 11.3. The lowest BCUT2D eigenvalue weighted by molar-refractivity contribution is 0.176. The number of nitrogens with zero attached hydrogens (tertiary/aromatic N) is 1. The minimum Gasteiger partial charge on any atom is -0.334 e. The third-order valence-electron chi connectivity index (χ3n) is 4.90. The predicted octanol–water partition coefficient (Wildman–Crippen LogP) is 2.87. The van der Waals surface area contributed by atoms with Crippen molar-refractivity contribution in [2.24, 2.45) is 11.7 Å². The van der Waals surface area contributed by atoms with Gasteiger partial charge in [0.25, 0.3) is 0 Å². The third kappa shape index (κ3) is 4.65. The summed E-state index contributed by atoms with van der Waals surface area (Å²) in [6.45, 7) is 3.83. The van der Waals surface area contributed by atoms with Gasteiger partial charge in [-0.15, -0.1) is 0 Å². The van der Waals surface area contributed by atoms with Gasteiger partial charge in [0, 0.05) is 25.2 Å². The number of urea groups is 1. The lowest BCUT2D eigenvalue weighted by atomic mass is 9.83. The van der Waals surface area contributed by atoms with Gasteiger partial charge in [0.05, 0.1) is 0 Å². The van der Waals surface area contributed by atoms with E-state index in [2.05, 4.69) is 5.32 Å². The van der Waals surface area contributed by atoms with Crippen LogP contribution in [0.3, 0.4) is 0 Å². The van der Waals surface area contributed by atoms with Crippen molar-refractivity contribution in [3.8, 4) is 0 Å². The van der Waals surface area contributed by atoms with Gasteiger partial charge in [0.15, 0.2) is 0 Å². The SMILES string of the molecule is C[C@@H](N)[C@H](CC1CCCCC1)NC(=O)N1CCCCC1. The molecule has 20 heavy (non-hydrogen) atoms. The highest BCUT2D eigenvalue weighted by Crippen LogP contribution is 2.27. The van der Waals surface area contributed by atoms with Crippen molar-refractivity contribution in [2.75, 3.05) is 13.1 Å². The molecule has 0 aromatic carbocycles. The molecule has 1 saturated carbocycles. The average Bonchev–Trinajstić information content (AvgIpc) is 2.48. The summed E-state index contributed by atoms with van der Waals surface area (Å²) in [6, 6.07) is 0.265. The van der Waals surface area contributed by atoms with Crippen molar-refractivity contribution in [1.29, 1.82) is 0 Å². The molecule has 2 atom stereocenters. The van der Waals surface area contributed by atoms with E-state index in [1.165, 1.54) is 38.5 Å². The summed E-state index contributed by atoms with van der Waals surface area (Å²) >= 11 is 0. The van der Waals surface area contributed by atoms with Gasteiger partial charge in [0.1, 0.15) is 0 Å². The molecule has 4 nitrogen and oxygen atoms in total. The second kappa shape index (κ2) is 7.87. The smallest absolute Gasteiger partial charge is 0.317 e. The molecule has 2 amide bonds. The Morgan fingerprint density at radius 3 is 2.35 bits per heavy atom. The summed E-state index contributed by atoms with van der Waals surface area (Å²) in [5.74, 6) is 0.751. The van der Waals surface area contributed by atoms with Crippen LogP contribution in [0.1, 0.15) is 64.7 Å². The number of piperidine rings is 1. The van der Waals surface area contributed by atoms with E-state index in [0.717, 1.165) is 38.3 Å². The topological polar surface area (TPSA) is 58.4 Å². The van der Waals surface area contributed by atoms with Gasteiger partial charge in [-0.25, -0.2) is 4.79 Å². The van der Waals surface area contributed by atoms with E-state index in [9.17, 15) is 4.79 Å². The number of carbonyl (C=O) groups is 1. The van der Waals surface area contributed by atoms with Crippen LogP contribution in [-0.2, 0) is 0 Å². The first-order valence-corrected chi connectivity index (χ1v) is 8.48. The number of nitrogens with one attached hydrogen (secondary N) is 1. The van der Waals surface area contributed by atoms with Crippen LogP contribution in [0.15, 0.2) is 0 Å². The van der Waals surface area contributed by atoms with Crippen LogP contribution >= 0.6 is 0 Å². The number of hydrogen-bond acceptors (Lipinski definition) is 2. The number of amides is 2. The molecular formula is C16H31N3O. The number of hydrogen-bond donors (Lipinski definition) is 2. The fourth-order valence-electron chi connectivity index (χ4n) is 3.53. The molecule has 4 heteroatoms. The van der Waals surface area contributed by atoms with E-state index in [1.54, 1.807) is 0 Å². The lowest BCUT2D eigenvalue weighted by Gasteiger charge is -2.33. The van der Waals surface area contributed by atoms with E-state index in [-0.39, 0.29) is 18.1 Å². The Balaban J connectivity index is 1.82. The molecule has 0 spiro atoms. The van der Waals surface area contributed by atoms with Crippen LogP contribution in [-0.4, -0.2) is 36.1 Å². The highest BCUT2D eigenvalue weighted by Gasteiger charge is 2.25. The number of rotatable bonds is 4. The molecule has 1 heterocycles. The molecule has 0 radical (unpaired) electrons. The Hall–Kier alpha value is -0.770. The highest BCUT2D eigenvalue weighted by molar-refractivity contribution is 5.74. The van der Waals surface area contributed by atoms with Crippen LogP contribution in [0.4, 0.5) is 4.79 Å². The van der Waals surface area contributed by atoms with Crippen molar-refractivity contribution < 1.29 is 4.79 Å². The normalized spacial score (nSPS) is 24.2. The van der Waals surface area contributed by atoms with Gasteiger partial charge in [-0.1, -0.05) is 32.1 Å². The molecular weight excluding hydrogens is 250 g/mol. The second-order valence-corrected chi connectivity index (χ2v) is 6.70. The quantitative estimate of drug-likeness (QED) is 0.832. The minimum atomic E-state index is 0.0330. The summed E-state index contributed by atoms with van der Waals surface area (Å²) in [5.41, 5.74) is 6.10. The van der Waals surface area contributed by atoms with E-state index < -0.39 is 0 Å². The maximum atomic E-state index is 12.3. The zero-order valence-electron chi connectivity index (χ0n) is 12.9. The molecule has 2 rings (SSSR count). The maximum absolute atomic E-state index is 12.3. The molecule has 2 fully saturated rings. The van der Waals surface area contributed by atoms with E-state index >= 15 is 0 Å². The van der Waals surface area contributed by atoms with Crippen molar-refractivity contribution in [3.63, 3.8) is 0 Å². The summed E-state index contributed by atoms with van der Waals surface area (Å²) in [7, 11) is 0. The summed E-state index contributed by atoms with van der Waals surface area (Å²) in [5, 5.41) is 3.20. The molecule has 116 valence electrons. The molecule has 0 unspecified atom stereocenters. The number of nitrogens with two attached hydrogens (primary N) is 1. The Kier molecular flexibility index (Phi) is 6.14.